The van der Waals surface area contributed by atoms with Crippen LogP contribution in [-0.4, -0.2) is 51.1 Å². The van der Waals surface area contributed by atoms with Gasteiger partial charge in [0, 0.05) is 30.9 Å². The number of rotatable bonds is 8. The van der Waals surface area contributed by atoms with Crippen LogP contribution in [0.15, 0.2) is 71.6 Å². The number of anilines is 1. The fourth-order valence-electron chi connectivity index (χ4n) is 3.22. The Kier molecular flexibility index (Phi) is 7.83. The lowest BCUT2D eigenvalue weighted by Gasteiger charge is -2.14. The van der Waals surface area contributed by atoms with E-state index in [1.54, 1.807) is 49.4 Å². The number of nitrogens with one attached hydrogen (secondary N) is 1. The quantitative estimate of drug-likeness (QED) is 0.379. The summed E-state index contributed by atoms with van der Waals surface area (Å²) in [5.74, 6) is -1.81. The highest BCUT2D eigenvalue weighted by Gasteiger charge is 2.21. The van der Waals surface area contributed by atoms with Crippen molar-refractivity contribution in [2.45, 2.75) is 18.7 Å². The molecule has 0 heterocycles. The van der Waals surface area contributed by atoms with Crippen molar-refractivity contribution in [3.05, 3.63) is 94.5 Å². The maximum Gasteiger partial charge on any atom is 0.339 e. The Morgan fingerprint density at radius 3 is 2.14 bits per heavy atom. The second-order valence-electron chi connectivity index (χ2n) is 8.13. The molecule has 0 saturated heterocycles. The van der Waals surface area contributed by atoms with Gasteiger partial charge in [-0.1, -0.05) is 54.1 Å². The van der Waals surface area contributed by atoms with Crippen LogP contribution in [-0.2, 0) is 19.6 Å². The lowest BCUT2D eigenvalue weighted by molar-refractivity contribution is -0.119. The van der Waals surface area contributed by atoms with Crippen molar-refractivity contribution in [1.29, 1.82) is 0 Å². The molecule has 0 spiro atoms. The zero-order chi connectivity index (χ0) is 25.8. The fraction of sp³-hybridized carbons (Fsp3) is 0.192. The van der Waals surface area contributed by atoms with E-state index < -0.39 is 28.5 Å². The Morgan fingerprint density at radius 1 is 0.886 bits per heavy atom. The van der Waals surface area contributed by atoms with E-state index in [4.69, 9.17) is 4.74 Å². The normalized spacial score (nSPS) is 11.2. The van der Waals surface area contributed by atoms with E-state index in [2.05, 4.69) is 5.32 Å². The molecule has 0 radical (unpaired) electrons. The van der Waals surface area contributed by atoms with Crippen LogP contribution in [0.3, 0.4) is 0 Å². The van der Waals surface area contributed by atoms with E-state index in [0.717, 1.165) is 9.87 Å². The zero-order valence-electron chi connectivity index (χ0n) is 19.9. The second-order valence-corrected chi connectivity index (χ2v) is 10.3. The Labute approximate surface area is 204 Å². The lowest BCUT2D eigenvalue weighted by Crippen LogP contribution is -2.24. The highest BCUT2D eigenvalue weighted by atomic mass is 32.2. The third-order valence-electron chi connectivity index (χ3n) is 5.30. The number of nitrogens with zero attached hydrogens (tertiary/aromatic N) is 1. The van der Waals surface area contributed by atoms with Gasteiger partial charge in [-0.05, 0) is 37.6 Å². The summed E-state index contributed by atoms with van der Waals surface area (Å²) in [5.41, 5.74) is 2.55. The van der Waals surface area contributed by atoms with Crippen LogP contribution in [0, 0.1) is 13.8 Å². The molecule has 1 N–H and O–H groups in total. The number of sulfonamides is 1. The van der Waals surface area contributed by atoms with Gasteiger partial charge in [0.25, 0.3) is 5.91 Å². The number of hydrogen-bond donors (Lipinski definition) is 1. The van der Waals surface area contributed by atoms with Crippen LogP contribution in [0.2, 0.25) is 0 Å². The summed E-state index contributed by atoms with van der Waals surface area (Å²) in [5, 5.41) is 2.57. The molecule has 9 heteroatoms. The highest BCUT2D eigenvalue weighted by molar-refractivity contribution is 7.89. The first-order valence-corrected chi connectivity index (χ1v) is 12.1. The monoisotopic (exact) mass is 494 g/mol. The Bertz CT molecular complexity index is 1380. The predicted molar refractivity (Wildman–Crippen MR) is 132 cm³/mol. The van der Waals surface area contributed by atoms with Gasteiger partial charge >= 0.3 is 5.97 Å². The number of ketones is 1. The predicted octanol–water partition coefficient (Wildman–Crippen LogP) is 3.58. The van der Waals surface area contributed by atoms with E-state index in [9.17, 15) is 22.8 Å². The first-order chi connectivity index (χ1) is 16.5. The van der Waals surface area contributed by atoms with Gasteiger partial charge in [-0.3, -0.25) is 9.59 Å². The smallest absolute Gasteiger partial charge is 0.339 e. The number of carbonyl (C=O) groups excluding carboxylic acids is 3. The Hall–Kier alpha value is -3.82. The topological polar surface area (TPSA) is 110 Å². The van der Waals surface area contributed by atoms with Gasteiger partial charge in [0.1, 0.15) is 0 Å². The number of benzene rings is 3. The van der Waals surface area contributed by atoms with Crippen LogP contribution < -0.4 is 5.32 Å². The SMILES string of the molecule is Cc1ccc(C(=O)c2ccccc2C(=O)OCC(=O)Nc2cc(S(=O)(=O)N(C)C)ccc2C)cc1. The molecule has 3 rings (SSSR count). The lowest BCUT2D eigenvalue weighted by atomic mass is 9.98. The first kappa shape index (κ1) is 25.8. The van der Waals surface area contributed by atoms with Crippen LogP contribution in [0.5, 0.6) is 0 Å². The molecule has 1 amide bonds. The van der Waals surface area contributed by atoms with Gasteiger partial charge in [-0.25, -0.2) is 17.5 Å². The van der Waals surface area contributed by atoms with Crippen molar-refractivity contribution in [2.24, 2.45) is 0 Å². The molecule has 0 aliphatic heterocycles. The molecular formula is C26H26N2O6S. The van der Waals surface area contributed by atoms with E-state index >= 15 is 0 Å². The number of ether oxygens (including phenoxy) is 1. The van der Waals surface area contributed by atoms with Crippen LogP contribution in [0.25, 0.3) is 0 Å². The number of hydrogen-bond acceptors (Lipinski definition) is 6. The molecule has 0 atom stereocenters. The molecule has 0 fully saturated rings. The molecule has 0 aliphatic carbocycles. The fourth-order valence-corrected chi connectivity index (χ4v) is 4.15. The third-order valence-corrected chi connectivity index (χ3v) is 7.11. The average Bonchev–Trinajstić information content (AvgIpc) is 2.83. The zero-order valence-corrected chi connectivity index (χ0v) is 20.7. The van der Waals surface area contributed by atoms with Gasteiger partial charge in [0.2, 0.25) is 10.0 Å². The molecular weight excluding hydrogens is 468 g/mol. The molecule has 3 aromatic carbocycles. The van der Waals surface area contributed by atoms with E-state index in [1.807, 2.05) is 6.92 Å². The first-order valence-electron chi connectivity index (χ1n) is 10.7. The minimum Gasteiger partial charge on any atom is -0.452 e. The van der Waals surface area contributed by atoms with Crippen LogP contribution in [0.1, 0.15) is 37.4 Å². The summed E-state index contributed by atoms with van der Waals surface area (Å²) in [6.07, 6.45) is 0. The van der Waals surface area contributed by atoms with Crippen LogP contribution in [0.4, 0.5) is 5.69 Å². The molecule has 0 saturated carbocycles. The van der Waals surface area contributed by atoms with Gasteiger partial charge in [-0.2, -0.15) is 0 Å². The number of esters is 1. The van der Waals surface area contributed by atoms with Crippen molar-refractivity contribution in [1.82, 2.24) is 4.31 Å². The van der Waals surface area contributed by atoms with E-state index in [-0.39, 0.29) is 27.5 Å². The van der Waals surface area contributed by atoms with Crippen molar-refractivity contribution < 1.29 is 27.5 Å². The summed E-state index contributed by atoms with van der Waals surface area (Å²) in [7, 11) is -0.865. The third kappa shape index (κ3) is 6.00. The van der Waals surface area contributed by atoms with Crippen molar-refractivity contribution in [3.8, 4) is 0 Å². The second kappa shape index (κ2) is 10.6. The number of amides is 1. The minimum atomic E-state index is -3.69. The molecule has 0 aliphatic rings. The summed E-state index contributed by atoms with van der Waals surface area (Å²) in [4.78, 5) is 38.1. The molecule has 0 aromatic heterocycles. The molecule has 0 bridgehead atoms. The van der Waals surface area contributed by atoms with Crippen molar-refractivity contribution in [2.75, 3.05) is 26.0 Å². The highest BCUT2D eigenvalue weighted by Crippen LogP contribution is 2.22. The average molecular weight is 495 g/mol. The van der Waals surface area contributed by atoms with Crippen molar-refractivity contribution >= 4 is 33.4 Å². The van der Waals surface area contributed by atoms with Gasteiger partial charge in [-0.15, -0.1) is 0 Å². The van der Waals surface area contributed by atoms with E-state index in [0.29, 0.717) is 11.1 Å². The molecule has 3 aromatic rings. The summed E-state index contributed by atoms with van der Waals surface area (Å²) in [6.45, 7) is 3.00. The molecule has 182 valence electrons. The summed E-state index contributed by atoms with van der Waals surface area (Å²) >= 11 is 0. The largest absolute Gasteiger partial charge is 0.452 e. The van der Waals surface area contributed by atoms with Crippen LogP contribution >= 0.6 is 0 Å². The van der Waals surface area contributed by atoms with Gasteiger partial charge < -0.3 is 10.1 Å². The molecule has 0 unspecified atom stereocenters. The van der Waals surface area contributed by atoms with Gasteiger partial charge in [0.15, 0.2) is 12.4 Å². The number of aryl methyl sites for hydroxylation is 2. The standard InChI is InChI=1S/C26H26N2O6S/c1-17-9-12-19(13-10-17)25(30)21-7-5-6-8-22(21)26(31)34-16-24(29)27-23-15-20(14-11-18(23)2)35(32,33)28(3)4/h5-15H,16H2,1-4H3,(H,27,29). The summed E-state index contributed by atoms with van der Waals surface area (Å²) in [6, 6.07) is 17.6. The molecule has 35 heavy (non-hydrogen) atoms. The maximum absolute atomic E-state index is 12.9. The van der Waals surface area contributed by atoms with E-state index in [1.165, 1.54) is 38.4 Å². The van der Waals surface area contributed by atoms with Crippen molar-refractivity contribution in [3.63, 3.8) is 0 Å². The summed E-state index contributed by atoms with van der Waals surface area (Å²) < 4.78 is 31.0. The van der Waals surface area contributed by atoms with Gasteiger partial charge in [0.05, 0.1) is 10.5 Å². The maximum atomic E-state index is 12.9. The Morgan fingerprint density at radius 2 is 1.51 bits per heavy atom. The number of carbonyl (C=O) groups is 3. The Balaban J connectivity index is 1.72. The molecule has 8 nitrogen and oxygen atoms in total. The minimum absolute atomic E-state index is 0.0175.